The topological polar surface area (TPSA) is 29.5 Å². The third-order valence-corrected chi connectivity index (χ3v) is 5.63. The highest BCUT2D eigenvalue weighted by Crippen LogP contribution is 2.37. The van der Waals surface area contributed by atoms with E-state index in [1.807, 2.05) is 72.8 Å². The lowest BCUT2D eigenvalue weighted by molar-refractivity contribution is -0.113. The molecule has 0 unspecified atom stereocenters. The maximum atomic E-state index is 13.0. The molecule has 3 aromatic carbocycles. The molecule has 0 spiro atoms. The van der Waals surface area contributed by atoms with Crippen molar-refractivity contribution in [1.29, 1.82) is 0 Å². The molecule has 1 aliphatic heterocycles. The first-order valence-electron chi connectivity index (χ1n) is 8.76. The predicted octanol–water partition coefficient (Wildman–Crippen LogP) is 5.81. The summed E-state index contributed by atoms with van der Waals surface area (Å²) < 4.78 is 6.03. The quantitative estimate of drug-likeness (QED) is 0.305. The van der Waals surface area contributed by atoms with Crippen molar-refractivity contribution in [2.45, 2.75) is 0 Å². The molecule has 138 valence electrons. The molecule has 3 nitrogen and oxygen atoms in total. The molecule has 28 heavy (non-hydrogen) atoms. The van der Waals surface area contributed by atoms with E-state index < -0.39 is 0 Å². The second kappa shape index (κ2) is 8.00. The maximum absolute atomic E-state index is 13.0. The van der Waals surface area contributed by atoms with Crippen LogP contribution in [0.5, 0.6) is 5.75 Å². The van der Waals surface area contributed by atoms with Gasteiger partial charge in [0.25, 0.3) is 5.91 Å². The molecule has 0 atom stereocenters. The largest absolute Gasteiger partial charge is 0.490 e. The number of thiocarbonyl (C=S) groups is 1. The fourth-order valence-corrected chi connectivity index (χ4v) is 4.27. The van der Waals surface area contributed by atoms with E-state index in [2.05, 4.69) is 6.58 Å². The van der Waals surface area contributed by atoms with E-state index >= 15 is 0 Å². The first-order chi connectivity index (χ1) is 13.7. The van der Waals surface area contributed by atoms with Crippen molar-refractivity contribution in [3.63, 3.8) is 0 Å². The van der Waals surface area contributed by atoms with Gasteiger partial charge in [-0.2, -0.15) is 0 Å². The van der Waals surface area contributed by atoms with Gasteiger partial charge in [-0.05, 0) is 46.7 Å². The Kier molecular flexibility index (Phi) is 5.28. The number of fused-ring (bicyclic) bond motifs is 1. The smallest absolute Gasteiger partial charge is 0.270 e. The van der Waals surface area contributed by atoms with Crippen molar-refractivity contribution < 1.29 is 9.53 Å². The summed E-state index contributed by atoms with van der Waals surface area (Å²) in [4.78, 5) is 15.2. The zero-order chi connectivity index (χ0) is 19.5. The van der Waals surface area contributed by atoms with Crippen molar-refractivity contribution in [3.8, 4) is 5.75 Å². The molecular weight excluding hydrogens is 386 g/mol. The summed E-state index contributed by atoms with van der Waals surface area (Å²) in [6, 6.07) is 21.6. The number of ether oxygens (including phenoxy) is 1. The summed E-state index contributed by atoms with van der Waals surface area (Å²) in [5.41, 5.74) is 1.71. The van der Waals surface area contributed by atoms with Crippen LogP contribution in [0.2, 0.25) is 0 Å². The molecule has 3 aromatic rings. The highest BCUT2D eigenvalue weighted by molar-refractivity contribution is 8.27. The Morgan fingerprint density at radius 3 is 2.54 bits per heavy atom. The fraction of sp³-hybridized carbons (Fsp3) is 0.0435. The molecule has 1 saturated heterocycles. The van der Waals surface area contributed by atoms with Gasteiger partial charge in [0, 0.05) is 0 Å². The standard InChI is InChI=1S/C23H17NO2S2/c1-2-13-26-20-11-7-16(8-12-20)14-21-22(25)24(23(27)28-21)19-10-9-17-5-3-4-6-18(17)15-19/h2-12,14-15H,1,13H2/b21-14+. The summed E-state index contributed by atoms with van der Waals surface area (Å²) in [7, 11) is 0. The lowest BCUT2D eigenvalue weighted by atomic mass is 10.1. The third kappa shape index (κ3) is 3.72. The zero-order valence-corrected chi connectivity index (χ0v) is 16.6. The Morgan fingerprint density at radius 1 is 1.04 bits per heavy atom. The van der Waals surface area contributed by atoms with Gasteiger partial charge in [-0.25, -0.2) is 0 Å². The van der Waals surface area contributed by atoms with Gasteiger partial charge in [0.05, 0.1) is 10.6 Å². The maximum Gasteiger partial charge on any atom is 0.270 e. The normalized spacial score (nSPS) is 15.4. The second-order valence-corrected chi connectivity index (χ2v) is 7.89. The number of carbonyl (C=O) groups is 1. The van der Waals surface area contributed by atoms with Gasteiger partial charge < -0.3 is 4.74 Å². The van der Waals surface area contributed by atoms with E-state index in [9.17, 15) is 4.79 Å². The van der Waals surface area contributed by atoms with Crippen LogP contribution in [0.15, 0.2) is 84.3 Å². The lowest BCUT2D eigenvalue weighted by Crippen LogP contribution is -2.27. The average molecular weight is 404 g/mol. The van der Waals surface area contributed by atoms with Gasteiger partial charge >= 0.3 is 0 Å². The fourth-order valence-electron chi connectivity index (χ4n) is 2.97. The molecular formula is C23H17NO2S2. The summed E-state index contributed by atoms with van der Waals surface area (Å²) in [5, 5.41) is 2.21. The van der Waals surface area contributed by atoms with Crippen molar-refractivity contribution in [2.24, 2.45) is 0 Å². The number of thioether (sulfide) groups is 1. The Bertz CT molecular complexity index is 1100. The van der Waals surface area contributed by atoms with Crippen LogP contribution >= 0.6 is 24.0 Å². The third-order valence-electron chi connectivity index (χ3n) is 4.33. The minimum Gasteiger partial charge on any atom is -0.490 e. The van der Waals surface area contributed by atoms with E-state index in [-0.39, 0.29) is 5.91 Å². The molecule has 0 saturated carbocycles. The van der Waals surface area contributed by atoms with Crippen molar-refractivity contribution in [1.82, 2.24) is 0 Å². The van der Waals surface area contributed by atoms with Crippen LogP contribution in [0.4, 0.5) is 5.69 Å². The number of amides is 1. The minimum absolute atomic E-state index is 0.0998. The number of carbonyl (C=O) groups excluding carboxylic acids is 1. The number of hydrogen-bond acceptors (Lipinski definition) is 4. The highest BCUT2D eigenvalue weighted by Gasteiger charge is 2.33. The Morgan fingerprint density at radius 2 is 1.79 bits per heavy atom. The molecule has 0 aromatic heterocycles. The van der Waals surface area contributed by atoms with Gasteiger partial charge in [0.2, 0.25) is 0 Å². The van der Waals surface area contributed by atoms with Crippen LogP contribution < -0.4 is 9.64 Å². The summed E-state index contributed by atoms with van der Waals surface area (Å²) >= 11 is 6.80. The van der Waals surface area contributed by atoms with Gasteiger partial charge in [0.1, 0.15) is 12.4 Å². The molecule has 4 rings (SSSR count). The van der Waals surface area contributed by atoms with Crippen molar-refractivity contribution in [2.75, 3.05) is 11.5 Å². The van der Waals surface area contributed by atoms with Crippen molar-refractivity contribution >= 4 is 56.7 Å². The van der Waals surface area contributed by atoms with E-state index in [1.54, 1.807) is 11.0 Å². The van der Waals surface area contributed by atoms with Gasteiger partial charge in [-0.1, -0.05) is 79.1 Å². The molecule has 0 N–H and O–H groups in total. The molecule has 0 bridgehead atoms. The monoisotopic (exact) mass is 403 g/mol. The van der Waals surface area contributed by atoms with Crippen LogP contribution in [0.3, 0.4) is 0 Å². The molecule has 1 amide bonds. The van der Waals surface area contributed by atoms with Crippen molar-refractivity contribution in [3.05, 3.63) is 89.9 Å². The Hall–Kier alpha value is -2.89. The molecule has 1 heterocycles. The van der Waals surface area contributed by atoms with Crippen LogP contribution in [-0.2, 0) is 4.79 Å². The van der Waals surface area contributed by atoms with Gasteiger partial charge in [-0.3, -0.25) is 9.69 Å². The molecule has 1 fully saturated rings. The van der Waals surface area contributed by atoms with E-state index in [1.165, 1.54) is 11.8 Å². The Balaban J connectivity index is 1.59. The van der Waals surface area contributed by atoms with Crippen LogP contribution in [-0.4, -0.2) is 16.8 Å². The molecule has 0 radical (unpaired) electrons. The number of hydrogen-bond donors (Lipinski definition) is 0. The minimum atomic E-state index is -0.0998. The molecule has 1 aliphatic rings. The highest BCUT2D eigenvalue weighted by atomic mass is 32.2. The predicted molar refractivity (Wildman–Crippen MR) is 122 cm³/mol. The van der Waals surface area contributed by atoms with Crippen LogP contribution in [0.25, 0.3) is 16.8 Å². The number of benzene rings is 3. The number of nitrogens with zero attached hydrogens (tertiary/aromatic N) is 1. The van der Waals surface area contributed by atoms with E-state index in [0.717, 1.165) is 27.8 Å². The lowest BCUT2D eigenvalue weighted by Gasteiger charge is -2.15. The first kappa shape index (κ1) is 18.5. The summed E-state index contributed by atoms with van der Waals surface area (Å²) in [5.74, 6) is 0.665. The number of rotatable bonds is 5. The van der Waals surface area contributed by atoms with Crippen LogP contribution in [0, 0.1) is 0 Å². The molecule has 0 aliphatic carbocycles. The van der Waals surface area contributed by atoms with Gasteiger partial charge in [-0.15, -0.1) is 0 Å². The molecule has 5 heteroatoms. The first-order valence-corrected chi connectivity index (χ1v) is 9.99. The second-order valence-electron chi connectivity index (χ2n) is 6.22. The van der Waals surface area contributed by atoms with E-state index in [4.69, 9.17) is 17.0 Å². The SMILES string of the molecule is C=CCOc1ccc(/C=C2/SC(=S)N(c3ccc4ccccc4c3)C2=O)cc1. The van der Waals surface area contributed by atoms with Crippen LogP contribution in [0.1, 0.15) is 5.56 Å². The van der Waals surface area contributed by atoms with Gasteiger partial charge in [0.15, 0.2) is 4.32 Å². The zero-order valence-electron chi connectivity index (χ0n) is 15.0. The number of anilines is 1. The summed E-state index contributed by atoms with van der Waals surface area (Å²) in [6.07, 6.45) is 3.56. The Labute approximate surface area is 173 Å². The summed E-state index contributed by atoms with van der Waals surface area (Å²) in [6.45, 7) is 4.10. The van der Waals surface area contributed by atoms with E-state index in [0.29, 0.717) is 15.8 Å². The average Bonchev–Trinajstić information content (AvgIpc) is 3.00.